The molecule has 1 fully saturated rings. The van der Waals surface area contributed by atoms with Crippen molar-refractivity contribution in [1.82, 2.24) is 0 Å². The van der Waals surface area contributed by atoms with E-state index >= 15 is 0 Å². The molecule has 4 nitrogen and oxygen atoms in total. The van der Waals surface area contributed by atoms with Gasteiger partial charge in [0, 0.05) is 12.2 Å². The van der Waals surface area contributed by atoms with Crippen LogP contribution in [0.15, 0.2) is 61.2 Å². The van der Waals surface area contributed by atoms with Crippen LogP contribution in [0.5, 0.6) is 11.5 Å². The summed E-state index contributed by atoms with van der Waals surface area (Å²) in [6.07, 6.45) is 7.24. The van der Waals surface area contributed by atoms with Crippen LogP contribution < -0.4 is 9.47 Å². The van der Waals surface area contributed by atoms with Crippen molar-refractivity contribution in [3.8, 4) is 22.6 Å². The maximum absolute atomic E-state index is 15.0. The van der Waals surface area contributed by atoms with E-state index in [1.165, 1.54) is 48.5 Å². The zero-order valence-corrected chi connectivity index (χ0v) is 23.1. The van der Waals surface area contributed by atoms with Crippen LogP contribution in [0.3, 0.4) is 0 Å². The Labute approximate surface area is 237 Å². The highest BCUT2D eigenvalue weighted by Gasteiger charge is 2.27. The second-order valence-electron chi connectivity index (χ2n) is 10.1. The van der Waals surface area contributed by atoms with E-state index in [-0.39, 0.29) is 41.1 Å². The molecule has 4 rings (SSSR count). The zero-order chi connectivity index (χ0) is 29.4. The second-order valence-corrected chi connectivity index (χ2v) is 10.1. The summed E-state index contributed by atoms with van der Waals surface area (Å²) in [6.45, 7) is 6.53. The molecule has 0 bridgehead atoms. The standard InChI is InChI=1S/C33H34F4O4/c1-3-5-19-39-24-13-11-22(12-14-24)26-16-18-28(32(37)30(26)35)41-33(38)23-9-7-21(8-10-23)25-15-17-27(31(36)29(25)34)40-20-6-4-2/h4,7-10,15-18,22,24H,2-3,5-6,11-14,19-20H2,1H3. The molecule has 41 heavy (non-hydrogen) atoms. The Kier molecular flexibility index (Phi) is 10.6. The molecule has 0 aromatic heterocycles. The van der Waals surface area contributed by atoms with E-state index in [0.717, 1.165) is 25.7 Å². The molecule has 0 aliphatic heterocycles. The molecule has 1 aliphatic carbocycles. The second kappa shape index (κ2) is 14.3. The summed E-state index contributed by atoms with van der Waals surface area (Å²) in [4.78, 5) is 12.7. The molecule has 0 radical (unpaired) electrons. The molecule has 0 N–H and O–H groups in total. The molecule has 1 saturated carbocycles. The Bertz CT molecular complexity index is 1350. The van der Waals surface area contributed by atoms with Crippen LogP contribution in [0.25, 0.3) is 11.1 Å². The fraction of sp³-hybridized carbons (Fsp3) is 0.364. The fourth-order valence-electron chi connectivity index (χ4n) is 4.94. The van der Waals surface area contributed by atoms with Crippen LogP contribution in [0.1, 0.15) is 73.7 Å². The number of carbonyl (C=O) groups excluding carboxylic acids is 1. The first kappa shape index (κ1) is 30.3. The smallest absolute Gasteiger partial charge is 0.343 e. The van der Waals surface area contributed by atoms with Gasteiger partial charge in [-0.25, -0.2) is 13.6 Å². The van der Waals surface area contributed by atoms with Crippen molar-refractivity contribution in [1.29, 1.82) is 0 Å². The first-order valence-electron chi connectivity index (χ1n) is 14.0. The first-order chi connectivity index (χ1) is 19.8. The molecular formula is C33H34F4O4. The topological polar surface area (TPSA) is 44.8 Å². The van der Waals surface area contributed by atoms with Crippen LogP contribution >= 0.6 is 0 Å². The van der Waals surface area contributed by atoms with Gasteiger partial charge in [-0.1, -0.05) is 37.6 Å². The number of hydrogen-bond donors (Lipinski definition) is 0. The molecule has 0 atom stereocenters. The summed E-state index contributed by atoms with van der Waals surface area (Å²) < 4.78 is 75.3. The first-order valence-corrected chi connectivity index (χ1v) is 14.0. The number of halogens is 4. The number of esters is 1. The minimum absolute atomic E-state index is 0.0243. The van der Waals surface area contributed by atoms with Gasteiger partial charge in [-0.15, -0.1) is 6.58 Å². The van der Waals surface area contributed by atoms with Crippen molar-refractivity contribution in [2.45, 2.75) is 63.9 Å². The summed E-state index contributed by atoms with van der Waals surface area (Å²) >= 11 is 0. The number of carbonyl (C=O) groups is 1. The van der Waals surface area contributed by atoms with Gasteiger partial charge in [-0.3, -0.25) is 0 Å². The maximum Gasteiger partial charge on any atom is 0.343 e. The van der Waals surface area contributed by atoms with Crippen molar-refractivity contribution < 1.29 is 36.6 Å². The lowest BCUT2D eigenvalue weighted by Crippen LogP contribution is -2.22. The van der Waals surface area contributed by atoms with Gasteiger partial charge in [0.15, 0.2) is 23.1 Å². The molecule has 1 aliphatic rings. The lowest BCUT2D eigenvalue weighted by Gasteiger charge is -2.29. The molecule has 0 saturated heterocycles. The SMILES string of the molecule is C=CCCOc1ccc(-c2ccc(C(=O)Oc3ccc(C4CCC(OCCCC)CC4)c(F)c3F)cc2)c(F)c1F. The Morgan fingerprint density at radius 1 is 0.854 bits per heavy atom. The fourth-order valence-corrected chi connectivity index (χ4v) is 4.94. The van der Waals surface area contributed by atoms with Gasteiger partial charge < -0.3 is 14.2 Å². The monoisotopic (exact) mass is 570 g/mol. The highest BCUT2D eigenvalue weighted by molar-refractivity contribution is 5.91. The van der Waals surface area contributed by atoms with Gasteiger partial charge in [0.25, 0.3) is 0 Å². The molecule has 8 heteroatoms. The lowest BCUT2D eigenvalue weighted by atomic mass is 9.82. The van der Waals surface area contributed by atoms with Gasteiger partial charge in [-0.2, -0.15) is 8.78 Å². The van der Waals surface area contributed by atoms with Crippen LogP contribution in [0.4, 0.5) is 17.6 Å². The van der Waals surface area contributed by atoms with E-state index in [4.69, 9.17) is 14.2 Å². The Hall–Kier alpha value is -3.65. The summed E-state index contributed by atoms with van der Waals surface area (Å²) in [7, 11) is 0. The van der Waals surface area contributed by atoms with Crippen LogP contribution in [0.2, 0.25) is 0 Å². The summed E-state index contributed by atoms with van der Waals surface area (Å²) in [5, 5.41) is 0. The third-order valence-corrected chi connectivity index (χ3v) is 7.30. The van der Waals surface area contributed by atoms with E-state index < -0.39 is 35.0 Å². The highest BCUT2D eigenvalue weighted by Crippen LogP contribution is 2.38. The third-order valence-electron chi connectivity index (χ3n) is 7.30. The molecule has 3 aromatic rings. The van der Waals surface area contributed by atoms with Crippen molar-refractivity contribution in [3.05, 3.63) is 95.6 Å². The highest BCUT2D eigenvalue weighted by atomic mass is 19.2. The van der Waals surface area contributed by atoms with Crippen molar-refractivity contribution >= 4 is 5.97 Å². The van der Waals surface area contributed by atoms with Crippen molar-refractivity contribution in [2.24, 2.45) is 0 Å². The average Bonchev–Trinajstić information content (AvgIpc) is 2.99. The van der Waals surface area contributed by atoms with Gasteiger partial charge in [0.05, 0.1) is 18.3 Å². The number of rotatable bonds is 12. The molecule has 3 aromatic carbocycles. The quantitative estimate of drug-likeness (QED) is 0.0717. The Balaban J connectivity index is 1.40. The number of ether oxygens (including phenoxy) is 3. The molecule has 0 amide bonds. The van der Waals surface area contributed by atoms with Crippen molar-refractivity contribution in [2.75, 3.05) is 13.2 Å². The lowest BCUT2D eigenvalue weighted by molar-refractivity contribution is 0.0230. The predicted octanol–water partition coefficient (Wildman–Crippen LogP) is 8.93. The number of benzene rings is 3. The van der Waals surface area contributed by atoms with Crippen LogP contribution in [-0.2, 0) is 4.74 Å². The minimum Gasteiger partial charge on any atom is -0.490 e. The average molecular weight is 571 g/mol. The number of unbranched alkanes of at least 4 members (excludes halogenated alkanes) is 1. The van der Waals surface area contributed by atoms with E-state index in [1.54, 1.807) is 6.08 Å². The van der Waals surface area contributed by atoms with Crippen molar-refractivity contribution in [3.63, 3.8) is 0 Å². The predicted molar refractivity (Wildman–Crippen MR) is 149 cm³/mol. The van der Waals surface area contributed by atoms with Crippen LogP contribution in [-0.4, -0.2) is 25.3 Å². The summed E-state index contributed by atoms with van der Waals surface area (Å²) in [5.74, 6) is -6.22. The molecule has 0 heterocycles. The largest absolute Gasteiger partial charge is 0.490 e. The molecule has 0 spiro atoms. The van der Waals surface area contributed by atoms with E-state index in [2.05, 4.69) is 13.5 Å². The van der Waals surface area contributed by atoms with Gasteiger partial charge >= 0.3 is 5.97 Å². The Morgan fingerprint density at radius 2 is 1.54 bits per heavy atom. The summed E-state index contributed by atoms with van der Waals surface area (Å²) in [6, 6.07) is 10.9. The van der Waals surface area contributed by atoms with Gasteiger partial charge in [-0.05, 0) is 85.9 Å². The molecule has 218 valence electrons. The summed E-state index contributed by atoms with van der Waals surface area (Å²) in [5.41, 5.74) is 0.584. The molecular weight excluding hydrogens is 536 g/mol. The van der Waals surface area contributed by atoms with Gasteiger partial charge in [0.1, 0.15) is 0 Å². The van der Waals surface area contributed by atoms with Gasteiger partial charge in [0.2, 0.25) is 11.6 Å². The normalized spacial score (nSPS) is 16.8. The number of hydrogen-bond acceptors (Lipinski definition) is 4. The minimum atomic E-state index is -1.22. The van der Waals surface area contributed by atoms with E-state index in [0.29, 0.717) is 31.4 Å². The molecule has 0 unspecified atom stereocenters. The Morgan fingerprint density at radius 3 is 2.22 bits per heavy atom. The van der Waals surface area contributed by atoms with E-state index in [9.17, 15) is 22.4 Å². The van der Waals surface area contributed by atoms with Crippen LogP contribution in [0, 0.1) is 23.3 Å². The third kappa shape index (κ3) is 7.36. The maximum atomic E-state index is 15.0. The van der Waals surface area contributed by atoms with E-state index in [1.807, 2.05) is 0 Å². The zero-order valence-electron chi connectivity index (χ0n) is 23.1.